The summed E-state index contributed by atoms with van der Waals surface area (Å²) in [6.45, 7) is 17.5. The molecule has 0 spiro atoms. The Balaban J connectivity index is 4.90. The van der Waals surface area contributed by atoms with E-state index < -0.39 is 15.2 Å². The molecule has 0 aromatic carbocycles. The maximum Gasteiger partial charge on any atom is 0.0714 e. The Hall–Kier alpha value is -0.0862. The number of rotatable bonds is 5. The van der Waals surface area contributed by atoms with Gasteiger partial charge in [0.1, 0.15) is 0 Å². The average Bonchev–Trinajstić information content (AvgIpc) is 2.15. The lowest BCUT2D eigenvalue weighted by molar-refractivity contribution is 1.35. The summed E-state index contributed by atoms with van der Waals surface area (Å²) in [4.78, 5) is 0. The maximum atomic E-state index is 4.01. The Morgan fingerprint density at radius 2 is 1.17 bits per heavy atom. The molecule has 0 nitrogen and oxygen atoms in total. The van der Waals surface area contributed by atoms with Crippen molar-refractivity contribution in [3.63, 3.8) is 0 Å². The fraction of sp³-hybridized carbons (Fsp3) is 0.600. The zero-order chi connectivity index (χ0) is 9.83. The van der Waals surface area contributed by atoms with E-state index in [0.29, 0.717) is 0 Å². The molecule has 12 heavy (non-hydrogen) atoms. The molecule has 2 unspecified atom stereocenters. The van der Waals surface area contributed by atoms with Crippen molar-refractivity contribution < 1.29 is 0 Å². The monoisotopic (exact) mass is 198 g/mol. The van der Waals surface area contributed by atoms with Gasteiger partial charge in [0.2, 0.25) is 0 Å². The van der Waals surface area contributed by atoms with Crippen LogP contribution in [0.1, 0.15) is 13.8 Å². The van der Waals surface area contributed by atoms with E-state index in [1.165, 1.54) is 12.1 Å². The minimum Gasteiger partial charge on any atom is -0.107 e. The molecule has 0 bridgehead atoms. The van der Waals surface area contributed by atoms with Crippen molar-refractivity contribution in [1.29, 1.82) is 0 Å². The molecule has 0 aliphatic heterocycles. The van der Waals surface area contributed by atoms with Gasteiger partial charge in [-0.1, -0.05) is 39.0 Å². The normalized spacial score (nSPS) is 20.7. The first-order valence-corrected chi connectivity index (χ1v) is 11.3. The summed E-state index contributed by atoms with van der Waals surface area (Å²) in [5.74, 6) is 0. The van der Waals surface area contributed by atoms with Crippen LogP contribution < -0.4 is 0 Å². The first kappa shape index (κ1) is 11.9. The van der Waals surface area contributed by atoms with Crippen LogP contribution in [0.15, 0.2) is 24.6 Å². The van der Waals surface area contributed by atoms with Gasteiger partial charge < -0.3 is 0 Å². The van der Waals surface area contributed by atoms with Crippen molar-refractivity contribution in [3.8, 4) is 0 Å². The minimum atomic E-state index is -1.17. The van der Waals surface area contributed by atoms with Gasteiger partial charge in [-0.05, 0) is 0 Å². The van der Waals surface area contributed by atoms with Crippen molar-refractivity contribution in [2.45, 2.75) is 39.0 Å². The summed E-state index contributed by atoms with van der Waals surface area (Å²) in [5.41, 5.74) is 4.54. The van der Waals surface area contributed by atoms with Crippen molar-refractivity contribution in [2.24, 2.45) is 0 Å². The summed E-state index contributed by atoms with van der Waals surface area (Å²) >= 11 is 0. The van der Waals surface area contributed by atoms with Crippen LogP contribution in [0.25, 0.3) is 0 Å². The molecule has 0 saturated heterocycles. The van der Waals surface area contributed by atoms with E-state index in [9.17, 15) is 0 Å². The fourth-order valence-corrected chi connectivity index (χ4v) is 12.3. The van der Waals surface area contributed by atoms with Crippen LogP contribution in [-0.4, -0.2) is 15.2 Å². The molecule has 0 rings (SSSR count). The molecule has 0 heterocycles. The van der Waals surface area contributed by atoms with Gasteiger partial charge in [0.25, 0.3) is 0 Å². The smallest absolute Gasteiger partial charge is 0.0714 e. The van der Waals surface area contributed by atoms with Crippen molar-refractivity contribution in [2.75, 3.05) is 0 Å². The molecule has 70 valence electrons. The SMILES string of the molecule is C=C[Si](C)(CC)[Si](C)(C=C)CC. The lowest BCUT2D eigenvalue weighted by Gasteiger charge is -2.38. The second-order valence-corrected chi connectivity index (χ2v) is 18.7. The Morgan fingerprint density at radius 1 is 0.917 bits per heavy atom. The van der Waals surface area contributed by atoms with Gasteiger partial charge in [0, 0.05) is 0 Å². The Labute approximate surface area is 79.2 Å². The van der Waals surface area contributed by atoms with Crippen LogP contribution in [0.2, 0.25) is 25.2 Å². The second kappa shape index (κ2) is 4.24. The number of hydrogen-bond donors (Lipinski definition) is 0. The van der Waals surface area contributed by atoms with Crippen molar-refractivity contribution in [1.82, 2.24) is 0 Å². The van der Waals surface area contributed by atoms with E-state index in [-0.39, 0.29) is 0 Å². The molecule has 0 saturated carbocycles. The van der Waals surface area contributed by atoms with Gasteiger partial charge in [0.15, 0.2) is 0 Å². The van der Waals surface area contributed by atoms with Crippen LogP contribution in [0, 0.1) is 0 Å². The predicted molar refractivity (Wildman–Crippen MR) is 64.6 cm³/mol. The Bertz CT molecular complexity index is 157. The van der Waals surface area contributed by atoms with E-state index in [0.717, 1.165) is 0 Å². The molecule has 0 amide bonds. The van der Waals surface area contributed by atoms with Crippen LogP contribution in [0.4, 0.5) is 0 Å². The summed E-state index contributed by atoms with van der Waals surface area (Å²) in [7, 11) is -2.33. The van der Waals surface area contributed by atoms with Gasteiger partial charge >= 0.3 is 0 Å². The highest BCUT2D eigenvalue weighted by molar-refractivity contribution is 7.45. The topological polar surface area (TPSA) is 0 Å². The molecule has 0 N–H and O–H groups in total. The van der Waals surface area contributed by atoms with Crippen molar-refractivity contribution in [3.05, 3.63) is 24.6 Å². The maximum absolute atomic E-state index is 4.01. The molecule has 0 fully saturated rings. The van der Waals surface area contributed by atoms with Gasteiger partial charge in [0.05, 0.1) is 15.2 Å². The average molecular weight is 198 g/mol. The highest BCUT2D eigenvalue weighted by Gasteiger charge is 2.40. The lowest BCUT2D eigenvalue weighted by Crippen LogP contribution is -2.55. The molecule has 0 aromatic rings. The molecule has 2 heteroatoms. The number of hydrogen-bond acceptors (Lipinski definition) is 0. The largest absolute Gasteiger partial charge is 0.107 e. The van der Waals surface area contributed by atoms with Crippen LogP contribution >= 0.6 is 0 Å². The Morgan fingerprint density at radius 3 is 1.25 bits per heavy atom. The van der Waals surface area contributed by atoms with Crippen molar-refractivity contribution >= 4 is 15.2 Å². The van der Waals surface area contributed by atoms with Crippen LogP contribution in [-0.2, 0) is 0 Å². The van der Waals surface area contributed by atoms with Crippen LogP contribution in [0.3, 0.4) is 0 Å². The first-order chi connectivity index (χ1) is 5.49. The third kappa shape index (κ3) is 1.80. The van der Waals surface area contributed by atoms with E-state index in [1.807, 2.05) is 0 Å². The zero-order valence-electron chi connectivity index (χ0n) is 8.98. The lowest BCUT2D eigenvalue weighted by atomic mass is 11.0. The third-order valence-corrected chi connectivity index (χ3v) is 22.2. The summed E-state index contributed by atoms with van der Waals surface area (Å²) < 4.78 is 0. The predicted octanol–water partition coefficient (Wildman–Crippen LogP) is 3.71. The van der Waals surface area contributed by atoms with E-state index >= 15 is 0 Å². The molecule has 0 aromatic heterocycles. The second-order valence-electron chi connectivity index (χ2n) is 3.95. The highest BCUT2D eigenvalue weighted by atomic mass is 29.3. The molecule has 0 aliphatic carbocycles. The molecular formula is C10H22Si2. The molecule has 0 radical (unpaired) electrons. The highest BCUT2D eigenvalue weighted by Crippen LogP contribution is 2.28. The van der Waals surface area contributed by atoms with Gasteiger partial charge in [-0.3, -0.25) is 0 Å². The van der Waals surface area contributed by atoms with E-state index in [4.69, 9.17) is 0 Å². The Kier molecular flexibility index (Phi) is 4.21. The third-order valence-electron chi connectivity index (χ3n) is 3.67. The van der Waals surface area contributed by atoms with Gasteiger partial charge in [-0.25, -0.2) is 0 Å². The van der Waals surface area contributed by atoms with E-state index in [2.05, 4.69) is 51.5 Å². The molecule has 2 atom stereocenters. The minimum absolute atomic E-state index is 1.17. The zero-order valence-corrected chi connectivity index (χ0v) is 11.0. The molecule has 0 aliphatic rings. The quantitative estimate of drug-likeness (QED) is 0.591. The van der Waals surface area contributed by atoms with Crippen LogP contribution in [0.5, 0.6) is 0 Å². The van der Waals surface area contributed by atoms with Gasteiger partial charge in [-0.2, -0.15) is 0 Å². The van der Waals surface area contributed by atoms with E-state index in [1.54, 1.807) is 0 Å². The summed E-state index contributed by atoms with van der Waals surface area (Å²) in [6, 6.07) is 2.64. The fourth-order valence-electron chi connectivity index (χ4n) is 1.56. The first-order valence-electron chi connectivity index (χ1n) is 4.77. The summed E-state index contributed by atoms with van der Waals surface area (Å²) in [6.07, 6.45) is 0. The summed E-state index contributed by atoms with van der Waals surface area (Å²) in [5, 5.41) is 0. The molecular weight excluding hydrogens is 176 g/mol. The standard InChI is InChI=1S/C10H22Si2/c1-7-11(5,8-2)12(6,9-3)10-4/h7,9H,1,3,8,10H2,2,4-6H3. The van der Waals surface area contributed by atoms with Gasteiger partial charge in [-0.15, -0.1) is 24.6 Å².